The molecule has 0 aliphatic carbocycles. The van der Waals surface area contributed by atoms with Gasteiger partial charge in [-0.25, -0.2) is 9.37 Å². The summed E-state index contributed by atoms with van der Waals surface area (Å²) < 4.78 is 14.8. The highest BCUT2D eigenvalue weighted by Gasteiger charge is 2.16. The number of carbonyl (C=O) groups is 1. The van der Waals surface area contributed by atoms with Crippen molar-refractivity contribution in [3.05, 3.63) is 96.3 Å². The van der Waals surface area contributed by atoms with Crippen LogP contribution in [0.15, 0.2) is 84.9 Å². The molecule has 26 heavy (non-hydrogen) atoms. The number of halogens is 1. The maximum absolute atomic E-state index is 13.3. The van der Waals surface area contributed by atoms with Crippen molar-refractivity contribution in [3.8, 4) is 11.4 Å². The number of nitrogens with zero attached hydrogens (tertiary/aromatic N) is 2. The van der Waals surface area contributed by atoms with E-state index in [1.165, 1.54) is 18.2 Å². The maximum atomic E-state index is 13.3. The predicted molar refractivity (Wildman–Crippen MR) is 101 cm³/mol. The number of aromatic nitrogens is 2. The lowest BCUT2D eigenvalue weighted by Crippen LogP contribution is -2.09. The molecular formula is C22H15FN2O. The summed E-state index contributed by atoms with van der Waals surface area (Å²) in [7, 11) is 0. The number of rotatable bonds is 3. The van der Waals surface area contributed by atoms with Gasteiger partial charge in [0.1, 0.15) is 11.6 Å². The molecule has 1 aromatic heterocycles. The van der Waals surface area contributed by atoms with Gasteiger partial charge in [-0.1, -0.05) is 42.5 Å². The fraction of sp³-hybridized carbons (Fsp3) is 0. The van der Waals surface area contributed by atoms with Crippen molar-refractivity contribution < 1.29 is 9.18 Å². The van der Waals surface area contributed by atoms with Crippen LogP contribution in [0.4, 0.5) is 4.39 Å². The standard InChI is InChI=1S/C22H15FN2O/c23-18-13-11-17(12-14-18)22-24-19-8-4-5-9-20(19)25(22)21(26)15-10-16-6-2-1-3-7-16/h1-15H/b15-10+. The Labute approximate surface area is 150 Å². The molecule has 4 rings (SSSR count). The summed E-state index contributed by atoms with van der Waals surface area (Å²) in [5.41, 5.74) is 3.06. The van der Waals surface area contributed by atoms with Gasteiger partial charge >= 0.3 is 0 Å². The summed E-state index contributed by atoms with van der Waals surface area (Å²) in [5, 5.41) is 0. The lowest BCUT2D eigenvalue weighted by atomic mass is 10.2. The molecule has 0 atom stereocenters. The molecule has 4 aromatic rings. The molecule has 4 heteroatoms. The van der Waals surface area contributed by atoms with Gasteiger partial charge in [-0.15, -0.1) is 0 Å². The number of carbonyl (C=O) groups excluding carboxylic acids is 1. The Hall–Kier alpha value is -3.53. The fourth-order valence-electron chi connectivity index (χ4n) is 2.85. The Morgan fingerprint density at radius 1 is 0.885 bits per heavy atom. The quantitative estimate of drug-likeness (QED) is 0.480. The number of benzene rings is 3. The van der Waals surface area contributed by atoms with Crippen LogP contribution in [0, 0.1) is 5.82 Å². The van der Waals surface area contributed by atoms with E-state index in [1.807, 2.05) is 54.6 Å². The summed E-state index contributed by atoms with van der Waals surface area (Å²) >= 11 is 0. The van der Waals surface area contributed by atoms with Crippen LogP contribution >= 0.6 is 0 Å². The van der Waals surface area contributed by atoms with Crippen LogP contribution in [0.1, 0.15) is 10.4 Å². The zero-order valence-electron chi connectivity index (χ0n) is 13.8. The molecule has 3 nitrogen and oxygen atoms in total. The number of para-hydroxylation sites is 2. The molecule has 0 bridgehead atoms. The van der Waals surface area contributed by atoms with Crippen molar-refractivity contribution in [1.29, 1.82) is 0 Å². The molecule has 1 heterocycles. The molecule has 0 unspecified atom stereocenters. The molecule has 0 saturated heterocycles. The van der Waals surface area contributed by atoms with Crippen LogP contribution in [0.5, 0.6) is 0 Å². The number of imidazole rings is 1. The van der Waals surface area contributed by atoms with E-state index >= 15 is 0 Å². The second-order valence-electron chi connectivity index (χ2n) is 5.85. The maximum Gasteiger partial charge on any atom is 0.256 e. The second kappa shape index (κ2) is 6.76. The molecule has 0 amide bonds. The topological polar surface area (TPSA) is 34.9 Å². The summed E-state index contributed by atoms with van der Waals surface area (Å²) in [5.74, 6) is -0.0394. The van der Waals surface area contributed by atoms with Crippen LogP contribution in [0.3, 0.4) is 0 Å². The van der Waals surface area contributed by atoms with Crippen LogP contribution in [-0.4, -0.2) is 15.5 Å². The van der Waals surface area contributed by atoms with E-state index in [2.05, 4.69) is 4.98 Å². The van der Waals surface area contributed by atoms with Crippen molar-refractivity contribution in [1.82, 2.24) is 9.55 Å². The average Bonchev–Trinajstić information content (AvgIpc) is 3.07. The number of fused-ring (bicyclic) bond motifs is 1. The van der Waals surface area contributed by atoms with Crippen molar-refractivity contribution in [3.63, 3.8) is 0 Å². The van der Waals surface area contributed by atoms with Gasteiger partial charge in [0.25, 0.3) is 5.91 Å². The Balaban J connectivity index is 1.82. The minimum Gasteiger partial charge on any atom is -0.269 e. The lowest BCUT2D eigenvalue weighted by molar-refractivity contribution is 0.0976. The van der Waals surface area contributed by atoms with Gasteiger partial charge < -0.3 is 0 Å². The van der Waals surface area contributed by atoms with Crippen LogP contribution in [0.2, 0.25) is 0 Å². The molecule has 3 aromatic carbocycles. The normalized spacial score (nSPS) is 11.3. The van der Waals surface area contributed by atoms with Crippen LogP contribution < -0.4 is 0 Å². The van der Waals surface area contributed by atoms with E-state index in [-0.39, 0.29) is 11.7 Å². The Bertz CT molecular complexity index is 1100. The van der Waals surface area contributed by atoms with Crippen molar-refractivity contribution in [2.24, 2.45) is 0 Å². The number of hydrogen-bond donors (Lipinski definition) is 0. The third-order valence-corrected chi connectivity index (χ3v) is 4.10. The highest BCUT2D eigenvalue weighted by Crippen LogP contribution is 2.25. The zero-order chi connectivity index (χ0) is 17.9. The zero-order valence-corrected chi connectivity index (χ0v) is 13.8. The van der Waals surface area contributed by atoms with Crippen molar-refractivity contribution >= 4 is 23.0 Å². The van der Waals surface area contributed by atoms with Crippen molar-refractivity contribution in [2.45, 2.75) is 0 Å². The van der Waals surface area contributed by atoms with Gasteiger partial charge in [-0.05, 0) is 48.0 Å². The fourth-order valence-corrected chi connectivity index (χ4v) is 2.85. The first-order valence-electron chi connectivity index (χ1n) is 8.23. The molecule has 0 aliphatic heterocycles. The Kier molecular flexibility index (Phi) is 4.15. The second-order valence-corrected chi connectivity index (χ2v) is 5.85. The van der Waals surface area contributed by atoms with E-state index in [9.17, 15) is 9.18 Å². The minimum atomic E-state index is -0.327. The summed E-state index contributed by atoms with van der Waals surface area (Å²) in [4.78, 5) is 17.5. The van der Waals surface area contributed by atoms with Gasteiger partial charge in [-0.2, -0.15) is 0 Å². The molecule has 0 N–H and O–H groups in total. The monoisotopic (exact) mass is 342 g/mol. The highest BCUT2D eigenvalue weighted by atomic mass is 19.1. The number of hydrogen-bond acceptors (Lipinski definition) is 2. The molecule has 0 radical (unpaired) electrons. The lowest BCUT2D eigenvalue weighted by Gasteiger charge is -2.05. The highest BCUT2D eigenvalue weighted by molar-refractivity contribution is 6.02. The molecule has 0 aliphatic rings. The van der Waals surface area contributed by atoms with Gasteiger partial charge in [0, 0.05) is 11.6 Å². The summed E-state index contributed by atoms with van der Waals surface area (Å²) in [6, 6.07) is 23.0. The smallest absolute Gasteiger partial charge is 0.256 e. The first-order valence-corrected chi connectivity index (χ1v) is 8.23. The average molecular weight is 342 g/mol. The van der Waals surface area contributed by atoms with E-state index in [0.717, 1.165) is 11.1 Å². The molecular weight excluding hydrogens is 327 g/mol. The third-order valence-electron chi connectivity index (χ3n) is 4.10. The predicted octanol–water partition coefficient (Wildman–Crippen LogP) is 5.20. The van der Waals surface area contributed by atoms with E-state index in [4.69, 9.17) is 0 Å². The van der Waals surface area contributed by atoms with Gasteiger partial charge in [0.15, 0.2) is 0 Å². The van der Waals surface area contributed by atoms with Gasteiger partial charge in [-0.3, -0.25) is 9.36 Å². The molecule has 126 valence electrons. The molecule has 0 fully saturated rings. The SMILES string of the molecule is O=C(/C=C/c1ccccc1)n1c(-c2ccc(F)cc2)nc2ccccc21. The van der Waals surface area contributed by atoms with E-state index in [0.29, 0.717) is 16.9 Å². The molecule has 0 saturated carbocycles. The summed E-state index contributed by atoms with van der Waals surface area (Å²) in [6.45, 7) is 0. The minimum absolute atomic E-state index is 0.207. The van der Waals surface area contributed by atoms with E-state index < -0.39 is 0 Å². The third kappa shape index (κ3) is 3.05. The largest absolute Gasteiger partial charge is 0.269 e. The first-order chi connectivity index (χ1) is 12.7. The molecule has 0 spiro atoms. The van der Waals surface area contributed by atoms with Crippen molar-refractivity contribution in [2.75, 3.05) is 0 Å². The van der Waals surface area contributed by atoms with Crippen LogP contribution in [0.25, 0.3) is 28.5 Å². The first kappa shape index (κ1) is 16.0. The Morgan fingerprint density at radius 2 is 1.58 bits per heavy atom. The summed E-state index contributed by atoms with van der Waals surface area (Å²) in [6.07, 6.45) is 3.29. The van der Waals surface area contributed by atoms with Gasteiger partial charge in [0.05, 0.1) is 11.0 Å². The number of allylic oxidation sites excluding steroid dienone is 1. The van der Waals surface area contributed by atoms with Crippen LogP contribution in [-0.2, 0) is 0 Å². The Morgan fingerprint density at radius 3 is 2.35 bits per heavy atom. The van der Waals surface area contributed by atoms with Gasteiger partial charge in [0.2, 0.25) is 0 Å². The van der Waals surface area contributed by atoms with E-state index in [1.54, 1.807) is 22.8 Å².